The van der Waals surface area contributed by atoms with Gasteiger partial charge in [-0.2, -0.15) is 0 Å². The molecule has 0 radical (unpaired) electrons. The van der Waals surface area contributed by atoms with Crippen molar-refractivity contribution in [2.45, 2.75) is 31.7 Å². The van der Waals surface area contributed by atoms with E-state index in [1.807, 2.05) is 74.5 Å². The maximum absolute atomic E-state index is 12.2. The first-order valence-corrected chi connectivity index (χ1v) is 7.14. The molecule has 0 spiro atoms. The number of rotatable bonds is 4. The van der Waals surface area contributed by atoms with Crippen LogP contribution in [0.25, 0.3) is 0 Å². The number of ether oxygens (including phenoxy) is 2. The molecule has 21 heavy (non-hydrogen) atoms. The van der Waals surface area contributed by atoms with E-state index in [4.69, 9.17) is 9.47 Å². The van der Waals surface area contributed by atoms with Crippen LogP contribution in [-0.4, -0.2) is 18.2 Å². The van der Waals surface area contributed by atoms with Gasteiger partial charge in [0.05, 0.1) is 6.10 Å². The van der Waals surface area contributed by atoms with E-state index < -0.39 is 11.7 Å². The zero-order valence-corrected chi connectivity index (χ0v) is 12.2. The molecular formula is C18H18O3. The maximum Gasteiger partial charge on any atom is 0.339 e. The summed E-state index contributed by atoms with van der Waals surface area (Å²) in [5, 5.41) is 0. The van der Waals surface area contributed by atoms with E-state index in [1.54, 1.807) is 0 Å². The number of hydrogen-bond acceptors (Lipinski definition) is 3. The van der Waals surface area contributed by atoms with Crippen molar-refractivity contribution in [3.05, 3.63) is 71.8 Å². The Morgan fingerprint density at radius 1 is 1.00 bits per heavy atom. The Balaban J connectivity index is 1.98. The summed E-state index contributed by atoms with van der Waals surface area (Å²) in [6.45, 7) is 3.68. The lowest BCUT2D eigenvalue weighted by Gasteiger charge is -2.14. The molecule has 2 aromatic rings. The second-order valence-electron chi connectivity index (χ2n) is 5.45. The molecule has 0 aromatic heterocycles. The predicted octanol–water partition coefficient (Wildman–Crippen LogP) is 3.28. The average Bonchev–Trinajstić information content (AvgIpc) is 3.25. The van der Waals surface area contributed by atoms with Crippen molar-refractivity contribution in [2.75, 3.05) is 0 Å². The molecule has 1 aliphatic rings. The van der Waals surface area contributed by atoms with E-state index >= 15 is 0 Å². The van der Waals surface area contributed by atoms with Crippen LogP contribution in [0.2, 0.25) is 0 Å². The van der Waals surface area contributed by atoms with E-state index in [0.717, 1.165) is 11.1 Å². The number of benzene rings is 2. The van der Waals surface area contributed by atoms with Crippen molar-refractivity contribution in [2.24, 2.45) is 0 Å². The SMILES string of the molecule is CC(C)OC(=O)C1OC1(c1ccccc1)c1ccccc1. The number of esters is 1. The second-order valence-corrected chi connectivity index (χ2v) is 5.45. The van der Waals surface area contributed by atoms with Gasteiger partial charge >= 0.3 is 5.97 Å². The summed E-state index contributed by atoms with van der Waals surface area (Å²) in [4.78, 5) is 12.2. The lowest BCUT2D eigenvalue weighted by atomic mass is 9.88. The fraction of sp³-hybridized carbons (Fsp3) is 0.278. The standard InChI is InChI=1S/C18H18O3/c1-13(2)20-17(19)16-18(21-16,14-9-5-3-6-10-14)15-11-7-4-8-12-15/h3-13,16H,1-2H3. The summed E-state index contributed by atoms with van der Waals surface area (Å²) < 4.78 is 11.2. The minimum Gasteiger partial charge on any atom is -0.461 e. The highest BCUT2D eigenvalue weighted by atomic mass is 16.7. The van der Waals surface area contributed by atoms with Crippen molar-refractivity contribution in [3.8, 4) is 0 Å². The van der Waals surface area contributed by atoms with Gasteiger partial charge in [-0.15, -0.1) is 0 Å². The fourth-order valence-electron chi connectivity index (χ4n) is 2.64. The Morgan fingerprint density at radius 3 is 1.90 bits per heavy atom. The number of epoxide rings is 1. The van der Waals surface area contributed by atoms with Gasteiger partial charge in [-0.05, 0) is 25.0 Å². The van der Waals surface area contributed by atoms with Crippen LogP contribution in [-0.2, 0) is 19.9 Å². The first-order chi connectivity index (χ1) is 10.1. The van der Waals surface area contributed by atoms with Gasteiger partial charge in [0.1, 0.15) is 0 Å². The quantitative estimate of drug-likeness (QED) is 0.638. The lowest BCUT2D eigenvalue weighted by Crippen LogP contribution is -2.24. The number of carbonyl (C=O) groups is 1. The topological polar surface area (TPSA) is 38.8 Å². The Kier molecular flexibility index (Phi) is 3.52. The van der Waals surface area contributed by atoms with E-state index in [-0.39, 0.29) is 12.1 Å². The van der Waals surface area contributed by atoms with Gasteiger partial charge in [-0.1, -0.05) is 60.7 Å². The lowest BCUT2D eigenvalue weighted by molar-refractivity contribution is -0.148. The third-order valence-electron chi connectivity index (χ3n) is 3.59. The summed E-state index contributed by atoms with van der Waals surface area (Å²) >= 11 is 0. The van der Waals surface area contributed by atoms with Gasteiger partial charge < -0.3 is 9.47 Å². The summed E-state index contributed by atoms with van der Waals surface area (Å²) in [5.41, 5.74) is 1.23. The van der Waals surface area contributed by atoms with Gasteiger partial charge in [0.2, 0.25) is 0 Å². The van der Waals surface area contributed by atoms with Crippen LogP contribution < -0.4 is 0 Å². The molecule has 0 bridgehead atoms. The first-order valence-electron chi connectivity index (χ1n) is 7.14. The maximum atomic E-state index is 12.2. The van der Waals surface area contributed by atoms with Crippen LogP contribution in [0.5, 0.6) is 0 Å². The van der Waals surface area contributed by atoms with Crippen LogP contribution in [0.1, 0.15) is 25.0 Å². The van der Waals surface area contributed by atoms with E-state index in [9.17, 15) is 4.79 Å². The molecule has 1 unspecified atom stereocenters. The highest BCUT2D eigenvalue weighted by Crippen LogP contribution is 2.52. The molecule has 0 amide bonds. The molecule has 2 aromatic carbocycles. The van der Waals surface area contributed by atoms with Crippen molar-refractivity contribution >= 4 is 5.97 Å². The highest BCUT2D eigenvalue weighted by Gasteiger charge is 2.64. The third-order valence-corrected chi connectivity index (χ3v) is 3.59. The zero-order chi connectivity index (χ0) is 14.9. The number of hydrogen-bond donors (Lipinski definition) is 0. The molecule has 3 heteroatoms. The normalized spacial score (nSPS) is 19.3. The van der Waals surface area contributed by atoms with Crippen LogP contribution in [0.15, 0.2) is 60.7 Å². The highest BCUT2D eigenvalue weighted by molar-refractivity contribution is 5.81. The molecule has 108 valence electrons. The van der Waals surface area contributed by atoms with Crippen molar-refractivity contribution in [1.29, 1.82) is 0 Å². The molecule has 3 nitrogen and oxygen atoms in total. The Labute approximate surface area is 124 Å². The van der Waals surface area contributed by atoms with Crippen molar-refractivity contribution in [1.82, 2.24) is 0 Å². The van der Waals surface area contributed by atoms with E-state index in [1.165, 1.54) is 0 Å². The minimum absolute atomic E-state index is 0.147. The van der Waals surface area contributed by atoms with Crippen molar-refractivity contribution in [3.63, 3.8) is 0 Å². The first kappa shape index (κ1) is 13.8. The van der Waals surface area contributed by atoms with Crippen LogP contribution >= 0.6 is 0 Å². The summed E-state index contributed by atoms with van der Waals surface area (Å²) in [6.07, 6.45) is -0.726. The minimum atomic E-state index is -0.714. The van der Waals surface area contributed by atoms with Crippen LogP contribution in [0, 0.1) is 0 Å². The Hall–Kier alpha value is -2.13. The van der Waals surface area contributed by atoms with Gasteiger partial charge in [-0.25, -0.2) is 4.79 Å². The summed E-state index contributed by atoms with van der Waals surface area (Å²) in [5.74, 6) is -0.308. The molecule has 1 heterocycles. The Bertz CT molecular complexity index is 580. The molecule has 1 atom stereocenters. The Morgan fingerprint density at radius 2 is 1.48 bits per heavy atom. The molecule has 0 aliphatic carbocycles. The monoisotopic (exact) mass is 282 g/mol. The smallest absolute Gasteiger partial charge is 0.339 e. The summed E-state index contributed by atoms with van der Waals surface area (Å²) in [6, 6.07) is 19.6. The predicted molar refractivity (Wildman–Crippen MR) is 79.8 cm³/mol. The molecular weight excluding hydrogens is 264 g/mol. The molecule has 1 fully saturated rings. The van der Waals surface area contributed by atoms with Crippen LogP contribution in [0.3, 0.4) is 0 Å². The average molecular weight is 282 g/mol. The molecule has 3 rings (SSSR count). The molecule has 1 aliphatic heterocycles. The van der Waals surface area contributed by atoms with Crippen LogP contribution in [0.4, 0.5) is 0 Å². The largest absolute Gasteiger partial charge is 0.461 e. The molecule has 1 saturated heterocycles. The summed E-state index contributed by atoms with van der Waals surface area (Å²) in [7, 11) is 0. The molecule has 0 N–H and O–H groups in total. The third kappa shape index (κ3) is 2.45. The van der Waals surface area contributed by atoms with Gasteiger partial charge in [0, 0.05) is 0 Å². The number of carbonyl (C=O) groups excluding carboxylic acids is 1. The van der Waals surface area contributed by atoms with Crippen molar-refractivity contribution < 1.29 is 14.3 Å². The van der Waals surface area contributed by atoms with E-state index in [0.29, 0.717) is 0 Å². The van der Waals surface area contributed by atoms with Gasteiger partial charge in [-0.3, -0.25) is 0 Å². The fourth-order valence-corrected chi connectivity index (χ4v) is 2.64. The second kappa shape index (κ2) is 5.34. The zero-order valence-electron chi connectivity index (χ0n) is 12.2. The molecule has 0 saturated carbocycles. The van der Waals surface area contributed by atoms with E-state index in [2.05, 4.69) is 0 Å². The van der Waals surface area contributed by atoms with Gasteiger partial charge in [0.15, 0.2) is 11.7 Å². The van der Waals surface area contributed by atoms with Gasteiger partial charge in [0.25, 0.3) is 0 Å².